The summed E-state index contributed by atoms with van der Waals surface area (Å²) in [4.78, 5) is 12.3. The molecular formula is C17H20BrNO. The lowest BCUT2D eigenvalue weighted by Gasteiger charge is -2.36. The van der Waals surface area contributed by atoms with Crippen molar-refractivity contribution >= 4 is 26.8 Å². The van der Waals surface area contributed by atoms with Crippen molar-refractivity contribution in [2.75, 3.05) is 5.33 Å². The van der Waals surface area contributed by atoms with Crippen molar-refractivity contribution in [2.24, 2.45) is 5.41 Å². The Kier molecular flexibility index (Phi) is 3.97. The Labute approximate surface area is 127 Å². The van der Waals surface area contributed by atoms with E-state index in [1.165, 1.54) is 32.1 Å². The highest BCUT2D eigenvalue weighted by atomic mass is 79.9. The second-order valence-corrected chi connectivity index (χ2v) is 6.57. The van der Waals surface area contributed by atoms with Gasteiger partial charge in [0.25, 0.3) is 5.56 Å². The number of fused-ring (bicyclic) bond motifs is 1. The van der Waals surface area contributed by atoms with Gasteiger partial charge in [-0.25, -0.2) is 0 Å². The van der Waals surface area contributed by atoms with Crippen LogP contribution in [0.4, 0.5) is 0 Å². The zero-order valence-electron chi connectivity index (χ0n) is 11.6. The van der Waals surface area contributed by atoms with Gasteiger partial charge in [-0.2, -0.15) is 0 Å². The molecular weight excluding hydrogens is 314 g/mol. The molecule has 1 saturated carbocycles. The molecule has 0 N–H and O–H groups in total. The summed E-state index contributed by atoms with van der Waals surface area (Å²) >= 11 is 3.70. The molecule has 0 radical (unpaired) electrons. The second kappa shape index (κ2) is 5.72. The molecule has 3 heteroatoms. The number of aromatic nitrogens is 1. The molecule has 106 valence electrons. The highest BCUT2D eigenvalue weighted by Gasteiger charge is 2.31. The lowest BCUT2D eigenvalue weighted by Crippen LogP contribution is -2.35. The molecule has 0 atom stereocenters. The molecule has 0 spiro atoms. The minimum atomic E-state index is 0.120. The molecule has 1 heterocycles. The maximum absolute atomic E-state index is 12.3. The first kappa shape index (κ1) is 13.9. The highest BCUT2D eigenvalue weighted by molar-refractivity contribution is 9.09. The Morgan fingerprint density at radius 1 is 1.05 bits per heavy atom. The summed E-state index contributed by atoms with van der Waals surface area (Å²) in [6, 6.07) is 11.8. The van der Waals surface area contributed by atoms with Gasteiger partial charge in [0, 0.05) is 17.9 Å². The van der Waals surface area contributed by atoms with Crippen LogP contribution in [-0.4, -0.2) is 9.90 Å². The number of nitrogens with zero attached hydrogens (tertiary/aromatic N) is 1. The number of hydrogen-bond acceptors (Lipinski definition) is 1. The molecule has 1 aromatic heterocycles. The second-order valence-electron chi connectivity index (χ2n) is 6.01. The van der Waals surface area contributed by atoms with Gasteiger partial charge in [0.1, 0.15) is 0 Å². The van der Waals surface area contributed by atoms with Crippen LogP contribution in [0.5, 0.6) is 0 Å². The van der Waals surface area contributed by atoms with Crippen molar-refractivity contribution in [1.82, 2.24) is 4.57 Å². The van der Waals surface area contributed by atoms with Gasteiger partial charge in [0.15, 0.2) is 0 Å². The molecule has 1 aliphatic rings. The quantitative estimate of drug-likeness (QED) is 0.765. The third kappa shape index (κ3) is 2.56. The predicted molar refractivity (Wildman–Crippen MR) is 87.5 cm³/mol. The monoisotopic (exact) mass is 333 g/mol. The van der Waals surface area contributed by atoms with E-state index in [0.29, 0.717) is 0 Å². The van der Waals surface area contributed by atoms with E-state index in [4.69, 9.17) is 0 Å². The first-order chi connectivity index (χ1) is 9.74. The fourth-order valence-corrected chi connectivity index (χ4v) is 4.12. The fraction of sp³-hybridized carbons (Fsp3) is 0.471. The van der Waals surface area contributed by atoms with Crippen LogP contribution in [-0.2, 0) is 6.54 Å². The van der Waals surface area contributed by atoms with E-state index in [-0.39, 0.29) is 11.0 Å². The fourth-order valence-electron chi connectivity index (χ4n) is 3.38. The van der Waals surface area contributed by atoms with E-state index in [2.05, 4.69) is 28.1 Å². The van der Waals surface area contributed by atoms with Gasteiger partial charge in [-0.15, -0.1) is 0 Å². The van der Waals surface area contributed by atoms with Gasteiger partial charge >= 0.3 is 0 Å². The lowest BCUT2D eigenvalue weighted by molar-refractivity contribution is 0.191. The summed E-state index contributed by atoms with van der Waals surface area (Å²) in [7, 11) is 0. The van der Waals surface area contributed by atoms with E-state index in [1.54, 1.807) is 6.07 Å². The molecule has 1 aromatic carbocycles. The van der Waals surface area contributed by atoms with Gasteiger partial charge in [0.2, 0.25) is 0 Å². The van der Waals surface area contributed by atoms with Crippen molar-refractivity contribution in [3.05, 3.63) is 46.8 Å². The normalized spacial score (nSPS) is 18.2. The van der Waals surface area contributed by atoms with E-state index >= 15 is 0 Å². The van der Waals surface area contributed by atoms with Crippen LogP contribution in [0.15, 0.2) is 41.2 Å². The van der Waals surface area contributed by atoms with Crippen LogP contribution in [0.2, 0.25) is 0 Å². The molecule has 0 bridgehead atoms. The molecule has 2 aromatic rings. The van der Waals surface area contributed by atoms with Crippen LogP contribution < -0.4 is 5.56 Å². The highest BCUT2D eigenvalue weighted by Crippen LogP contribution is 2.39. The van der Waals surface area contributed by atoms with Gasteiger partial charge in [-0.05, 0) is 35.8 Å². The zero-order valence-corrected chi connectivity index (χ0v) is 13.2. The Balaban J connectivity index is 2.05. The van der Waals surface area contributed by atoms with Gasteiger partial charge in [-0.1, -0.05) is 53.4 Å². The van der Waals surface area contributed by atoms with Crippen LogP contribution in [0.3, 0.4) is 0 Å². The van der Waals surface area contributed by atoms with E-state index in [0.717, 1.165) is 22.8 Å². The molecule has 0 amide bonds. The van der Waals surface area contributed by atoms with Crippen molar-refractivity contribution in [3.63, 3.8) is 0 Å². The number of halogens is 1. The maximum atomic E-state index is 12.3. The summed E-state index contributed by atoms with van der Waals surface area (Å²) in [5.41, 5.74) is 1.42. The Bertz CT molecular complexity index is 655. The summed E-state index contributed by atoms with van der Waals surface area (Å²) in [6.07, 6.45) is 6.33. The first-order valence-electron chi connectivity index (χ1n) is 7.39. The maximum Gasteiger partial charge on any atom is 0.251 e. The average Bonchev–Trinajstić information content (AvgIpc) is 2.51. The van der Waals surface area contributed by atoms with Crippen LogP contribution in [0.1, 0.15) is 32.1 Å². The third-order valence-corrected chi connectivity index (χ3v) is 5.78. The van der Waals surface area contributed by atoms with Crippen molar-refractivity contribution in [2.45, 2.75) is 38.6 Å². The van der Waals surface area contributed by atoms with Crippen molar-refractivity contribution in [1.29, 1.82) is 0 Å². The Morgan fingerprint density at radius 2 is 1.80 bits per heavy atom. The van der Waals surface area contributed by atoms with E-state index in [1.807, 2.05) is 22.8 Å². The SMILES string of the molecule is O=c1ccc2ccccc2n1CC1(CBr)CCCCC1. The van der Waals surface area contributed by atoms with Crippen LogP contribution in [0.25, 0.3) is 10.9 Å². The molecule has 1 aliphatic carbocycles. The van der Waals surface area contributed by atoms with Crippen molar-refractivity contribution < 1.29 is 0 Å². The van der Waals surface area contributed by atoms with Gasteiger partial charge < -0.3 is 4.57 Å². The van der Waals surface area contributed by atoms with Gasteiger partial charge in [-0.3, -0.25) is 4.79 Å². The molecule has 0 aliphatic heterocycles. The zero-order chi connectivity index (χ0) is 14.0. The first-order valence-corrected chi connectivity index (χ1v) is 8.51. The number of alkyl halides is 1. The van der Waals surface area contributed by atoms with E-state index < -0.39 is 0 Å². The summed E-state index contributed by atoms with van der Waals surface area (Å²) in [6.45, 7) is 0.832. The molecule has 0 unspecified atom stereocenters. The Hall–Kier alpha value is -1.09. The molecule has 3 rings (SSSR count). The number of rotatable bonds is 3. The smallest absolute Gasteiger partial charge is 0.251 e. The number of benzene rings is 1. The number of hydrogen-bond donors (Lipinski definition) is 0. The molecule has 0 saturated heterocycles. The summed E-state index contributed by atoms with van der Waals surface area (Å²) < 4.78 is 1.97. The van der Waals surface area contributed by atoms with Crippen molar-refractivity contribution in [3.8, 4) is 0 Å². The molecule has 1 fully saturated rings. The molecule has 2 nitrogen and oxygen atoms in total. The number of para-hydroxylation sites is 1. The number of pyridine rings is 1. The van der Waals surface area contributed by atoms with E-state index in [9.17, 15) is 4.79 Å². The van der Waals surface area contributed by atoms with Gasteiger partial charge in [0.05, 0.1) is 5.52 Å². The predicted octanol–water partition coefficient (Wildman–Crippen LogP) is 4.35. The van der Waals surface area contributed by atoms with Crippen LogP contribution in [0, 0.1) is 5.41 Å². The lowest BCUT2D eigenvalue weighted by atomic mass is 9.75. The van der Waals surface area contributed by atoms with Crippen LogP contribution >= 0.6 is 15.9 Å². The largest absolute Gasteiger partial charge is 0.308 e. The summed E-state index contributed by atoms with van der Waals surface area (Å²) in [5, 5.41) is 2.13. The standard InChI is InChI=1S/C17H20BrNO/c18-12-17(10-4-1-5-11-17)13-19-15-7-3-2-6-14(15)8-9-16(19)20/h2-3,6-9H,1,4-5,10-13H2. The minimum Gasteiger partial charge on any atom is -0.308 e. The third-order valence-electron chi connectivity index (χ3n) is 4.59. The minimum absolute atomic E-state index is 0.120. The molecule has 20 heavy (non-hydrogen) atoms. The summed E-state index contributed by atoms with van der Waals surface area (Å²) in [5.74, 6) is 0. The topological polar surface area (TPSA) is 22.0 Å². The average molecular weight is 334 g/mol. The Morgan fingerprint density at radius 3 is 2.55 bits per heavy atom.